The van der Waals surface area contributed by atoms with Crippen molar-refractivity contribution in [3.8, 4) is 0 Å². The highest BCUT2D eigenvalue weighted by atomic mass is 127. The minimum absolute atomic E-state index is 0.00653. The lowest BCUT2D eigenvalue weighted by atomic mass is 9.88. The maximum absolute atomic E-state index is 12.2. The zero-order valence-corrected chi connectivity index (χ0v) is 14.6. The first-order valence-electron chi connectivity index (χ1n) is 6.47. The van der Waals surface area contributed by atoms with Gasteiger partial charge in [0, 0.05) is 16.0 Å². The molecule has 1 rings (SSSR count). The highest BCUT2D eigenvalue weighted by molar-refractivity contribution is 14.1. The number of alkyl halides is 1. The van der Waals surface area contributed by atoms with Gasteiger partial charge in [0.05, 0.1) is 5.56 Å². The molecule has 19 heavy (non-hydrogen) atoms. The standard InChI is InChI=1S/C15H21ClINO/c1-11-6-4-7-12(13(11)17)14(19)18-10-15(2,3)8-5-9-16/h4,6-7H,5,8-10H2,1-3H3,(H,18,19). The Kier molecular flexibility index (Phi) is 6.60. The molecule has 106 valence electrons. The Labute approximate surface area is 134 Å². The summed E-state index contributed by atoms with van der Waals surface area (Å²) in [6, 6.07) is 5.81. The van der Waals surface area contributed by atoms with E-state index in [2.05, 4.69) is 41.8 Å². The molecule has 0 radical (unpaired) electrons. The van der Waals surface area contributed by atoms with Crippen LogP contribution < -0.4 is 5.32 Å². The molecule has 0 aliphatic carbocycles. The Bertz CT molecular complexity index is 446. The predicted molar refractivity (Wildman–Crippen MR) is 90.0 cm³/mol. The summed E-state index contributed by atoms with van der Waals surface area (Å²) in [4.78, 5) is 12.2. The van der Waals surface area contributed by atoms with Crippen LogP contribution in [0, 0.1) is 15.9 Å². The summed E-state index contributed by atoms with van der Waals surface area (Å²) in [6.07, 6.45) is 1.99. The van der Waals surface area contributed by atoms with E-state index in [1.807, 2.05) is 25.1 Å². The van der Waals surface area contributed by atoms with Crippen molar-refractivity contribution in [3.63, 3.8) is 0 Å². The molecule has 0 atom stereocenters. The van der Waals surface area contributed by atoms with Crippen molar-refractivity contribution in [1.29, 1.82) is 0 Å². The molecule has 0 saturated carbocycles. The van der Waals surface area contributed by atoms with Crippen molar-refractivity contribution in [3.05, 3.63) is 32.9 Å². The Hall–Kier alpha value is -0.290. The Morgan fingerprint density at radius 3 is 2.74 bits per heavy atom. The van der Waals surface area contributed by atoms with Gasteiger partial charge in [-0.25, -0.2) is 0 Å². The molecule has 4 heteroatoms. The number of rotatable bonds is 6. The van der Waals surface area contributed by atoms with Crippen molar-refractivity contribution in [1.82, 2.24) is 5.32 Å². The minimum Gasteiger partial charge on any atom is -0.351 e. The molecule has 0 spiro atoms. The molecule has 0 aromatic heterocycles. The largest absolute Gasteiger partial charge is 0.351 e. The van der Waals surface area contributed by atoms with Gasteiger partial charge in [-0.05, 0) is 59.4 Å². The molecule has 0 aliphatic heterocycles. The summed E-state index contributed by atoms with van der Waals surface area (Å²) in [5.41, 5.74) is 1.98. The number of amides is 1. The lowest BCUT2D eigenvalue weighted by Crippen LogP contribution is -2.34. The zero-order valence-electron chi connectivity index (χ0n) is 11.7. The third kappa shape index (κ3) is 5.30. The molecule has 0 bridgehead atoms. The molecule has 1 aromatic carbocycles. The number of benzene rings is 1. The van der Waals surface area contributed by atoms with Crippen molar-refractivity contribution in [2.24, 2.45) is 5.41 Å². The van der Waals surface area contributed by atoms with Crippen molar-refractivity contribution < 1.29 is 4.79 Å². The van der Waals surface area contributed by atoms with E-state index in [-0.39, 0.29) is 11.3 Å². The van der Waals surface area contributed by atoms with E-state index in [1.165, 1.54) is 0 Å². The maximum atomic E-state index is 12.2. The van der Waals surface area contributed by atoms with E-state index in [1.54, 1.807) is 0 Å². The van der Waals surface area contributed by atoms with E-state index in [0.29, 0.717) is 12.4 Å². The lowest BCUT2D eigenvalue weighted by molar-refractivity contribution is 0.0933. The quantitative estimate of drug-likeness (QED) is 0.564. The fourth-order valence-electron chi connectivity index (χ4n) is 1.87. The highest BCUT2D eigenvalue weighted by Crippen LogP contribution is 2.22. The Morgan fingerprint density at radius 1 is 1.42 bits per heavy atom. The molecular weight excluding hydrogens is 373 g/mol. The average molecular weight is 394 g/mol. The molecule has 0 heterocycles. The second-order valence-corrected chi connectivity index (χ2v) is 7.03. The smallest absolute Gasteiger partial charge is 0.252 e. The first-order chi connectivity index (χ1) is 8.87. The molecule has 0 unspecified atom stereocenters. The van der Waals surface area contributed by atoms with Gasteiger partial charge in [0.25, 0.3) is 5.91 Å². The molecule has 0 aliphatic rings. The number of carbonyl (C=O) groups excluding carboxylic acids is 1. The van der Waals surface area contributed by atoms with Gasteiger partial charge in [0.2, 0.25) is 0 Å². The van der Waals surface area contributed by atoms with Gasteiger partial charge in [-0.15, -0.1) is 11.6 Å². The van der Waals surface area contributed by atoms with Crippen molar-refractivity contribution in [2.45, 2.75) is 33.6 Å². The van der Waals surface area contributed by atoms with Crippen LogP contribution in [0.3, 0.4) is 0 Å². The summed E-state index contributed by atoms with van der Waals surface area (Å²) in [5, 5.41) is 3.03. The van der Waals surface area contributed by atoms with Crippen LogP contribution in [0.1, 0.15) is 42.6 Å². The fourth-order valence-corrected chi connectivity index (χ4v) is 2.61. The van der Waals surface area contributed by atoms with Gasteiger partial charge in [0.1, 0.15) is 0 Å². The molecule has 2 nitrogen and oxygen atoms in total. The van der Waals surface area contributed by atoms with Crippen molar-refractivity contribution in [2.75, 3.05) is 12.4 Å². The number of carbonyl (C=O) groups is 1. The van der Waals surface area contributed by atoms with E-state index in [0.717, 1.165) is 27.5 Å². The van der Waals surface area contributed by atoms with E-state index in [4.69, 9.17) is 11.6 Å². The molecule has 1 aromatic rings. The van der Waals surface area contributed by atoms with E-state index in [9.17, 15) is 4.79 Å². The topological polar surface area (TPSA) is 29.1 Å². The van der Waals surface area contributed by atoms with Gasteiger partial charge in [0.15, 0.2) is 0 Å². The van der Waals surface area contributed by atoms with Gasteiger partial charge in [-0.2, -0.15) is 0 Å². The normalized spacial score (nSPS) is 11.4. The van der Waals surface area contributed by atoms with Crippen molar-refractivity contribution >= 4 is 40.1 Å². The van der Waals surface area contributed by atoms with Crippen LogP contribution in [0.15, 0.2) is 18.2 Å². The molecule has 0 saturated heterocycles. The summed E-state index contributed by atoms with van der Waals surface area (Å²) in [5.74, 6) is 0.680. The van der Waals surface area contributed by atoms with Gasteiger partial charge >= 0.3 is 0 Å². The molecular formula is C15H21ClINO. The third-order valence-corrected chi connectivity index (χ3v) is 4.85. The Balaban J connectivity index is 2.63. The van der Waals surface area contributed by atoms with Crippen LogP contribution in [-0.4, -0.2) is 18.3 Å². The van der Waals surface area contributed by atoms with Gasteiger partial charge in [-0.1, -0.05) is 26.0 Å². The maximum Gasteiger partial charge on any atom is 0.252 e. The molecule has 0 fully saturated rings. The van der Waals surface area contributed by atoms with Gasteiger partial charge in [-0.3, -0.25) is 4.79 Å². The third-order valence-electron chi connectivity index (χ3n) is 3.15. The summed E-state index contributed by atoms with van der Waals surface area (Å²) in [6.45, 7) is 7.00. The molecule has 1 N–H and O–H groups in total. The van der Waals surface area contributed by atoms with Crippen LogP contribution in [0.2, 0.25) is 0 Å². The summed E-state index contributed by atoms with van der Waals surface area (Å²) < 4.78 is 1.02. The zero-order chi connectivity index (χ0) is 14.5. The van der Waals surface area contributed by atoms with Crippen LogP contribution in [0.4, 0.5) is 0 Å². The predicted octanol–water partition coefficient (Wildman–Crippen LogP) is 4.37. The Morgan fingerprint density at radius 2 is 2.11 bits per heavy atom. The first kappa shape index (κ1) is 16.8. The summed E-state index contributed by atoms with van der Waals surface area (Å²) in [7, 11) is 0. The van der Waals surface area contributed by atoms with Crippen LogP contribution in [-0.2, 0) is 0 Å². The lowest BCUT2D eigenvalue weighted by Gasteiger charge is -2.24. The number of hydrogen-bond donors (Lipinski definition) is 1. The first-order valence-corrected chi connectivity index (χ1v) is 8.08. The monoisotopic (exact) mass is 393 g/mol. The number of hydrogen-bond acceptors (Lipinski definition) is 1. The number of nitrogens with one attached hydrogen (secondary N) is 1. The van der Waals surface area contributed by atoms with Crippen LogP contribution >= 0.6 is 34.2 Å². The fraction of sp³-hybridized carbons (Fsp3) is 0.533. The summed E-state index contributed by atoms with van der Waals surface area (Å²) >= 11 is 7.94. The average Bonchev–Trinajstić information content (AvgIpc) is 2.37. The second-order valence-electron chi connectivity index (χ2n) is 5.58. The highest BCUT2D eigenvalue weighted by Gasteiger charge is 2.19. The molecule has 1 amide bonds. The van der Waals surface area contributed by atoms with Crippen LogP contribution in [0.25, 0.3) is 0 Å². The van der Waals surface area contributed by atoms with E-state index >= 15 is 0 Å². The van der Waals surface area contributed by atoms with E-state index < -0.39 is 0 Å². The number of halogens is 2. The SMILES string of the molecule is Cc1cccc(C(=O)NCC(C)(C)CCCCl)c1I. The number of aryl methyl sites for hydroxylation is 1. The van der Waals surface area contributed by atoms with Crippen LogP contribution in [0.5, 0.6) is 0 Å². The second kappa shape index (κ2) is 7.48. The van der Waals surface area contributed by atoms with Gasteiger partial charge < -0.3 is 5.32 Å². The minimum atomic E-state index is 0.00653.